The fourth-order valence-electron chi connectivity index (χ4n) is 3.22. The first-order valence-electron chi connectivity index (χ1n) is 7.97. The number of benzene rings is 1. The molecule has 0 aliphatic carbocycles. The van der Waals surface area contributed by atoms with E-state index in [9.17, 15) is 13.5 Å². The number of hydrogen-bond acceptors (Lipinski definition) is 6. The van der Waals surface area contributed by atoms with Crippen molar-refractivity contribution in [2.45, 2.75) is 19.8 Å². The van der Waals surface area contributed by atoms with Crippen LogP contribution in [0.5, 0.6) is 5.75 Å². The molecule has 1 aromatic carbocycles. The molecule has 7 nitrogen and oxygen atoms in total. The zero-order chi connectivity index (χ0) is 17.3. The van der Waals surface area contributed by atoms with Crippen molar-refractivity contribution in [3.05, 3.63) is 24.0 Å². The molecule has 2 aromatic rings. The number of anilines is 1. The zero-order valence-electron chi connectivity index (χ0n) is 13.9. The largest absolute Gasteiger partial charge is 0.506 e. The summed E-state index contributed by atoms with van der Waals surface area (Å²) in [6.45, 7) is 3.94. The van der Waals surface area contributed by atoms with E-state index in [1.54, 1.807) is 6.07 Å². The predicted molar refractivity (Wildman–Crippen MR) is 93.7 cm³/mol. The van der Waals surface area contributed by atoms with Gasteiger partial charge in [0.1, 0.15) is 23.4 Å². The highest BCUT2D eigenvalue weighted by molar-refractivity contribution is 7.88. The number of aromatic hydroxyl groups is 1. The van der Waals surface area contributed by atoms with Crippen molar-refractivity contribution in [3.63, 3.8) is 0 Å². The lowest BCUT2D eigenvalue weighted by atomic mass is 9.98. The number of aryl methyl sites for hydroxylation is 1. The normalized spacial score (nSPS) is 18.9. The van der Waals surface area contributed by atoms with Crippen LogP contribution >= 0.6 is 0 Å². The van der Waals surface area contributed by atoms with Crippen LogP contribution in [0.15, 0.2) is 18.5 Å². The quantitative estimate of drug-likeness (QED) is 0.866. The minimum absolute atomic E-state index is 0.154. The van der Waals surface area contributed by atoms with Gasteiger partial charge in [-0.1, -0.05) is 0 Å². The fraction of sp³-hybridized carbons (Fsp3) is 0.500. The van der Waals surface area contributed by atoms with Gasteiger partial charge in [0.15, 0.2) is 0 Å². The number of nitrogens with zero attached hydrogens (tertiary/aromatic N) is 3. The first-order valence-corrected chi connectivity index (χ1v) is 9.86. The fourth-order valence-corrected chi connectivity index (χ4v) is 3.76. The molecule has 0 radical (unpaired) electrons. The molecule has 0 amide bonds. The molecular formula is C16H22N4O3S. The molecule has 0 saturated carbocycles. The van der Waals surface area contributed by atoms with Crippen molar-refractivity contribution >= 4 is 26.7 Å². The predicted octanol–water partition coefficient (Wildman–Crippen LogP) is 1.41. The highest BCUT2D eigenvalue weighted by Crippen LogP contribution is 2.32. The van der Waals surface area contributed by atoms with Crippen LogP contribution in [-0.2, 0) is 10.0 Å². The van der Waals surface area contributed by atoms with Gasteiger partial charge in [0.2, 0.25) is 10.0 Å². The number of phenols is 1. The van der Waals surface area contributed by atoms with Crippen LogP contribution in [0, 0.1) is 12.8 Å². The Morgan fingerprint density at radius 3 is 2.92 bits per heavy atom. The smallest absolute Gasteiger partial charge is 0.208 e. The highest BCUT2D eigenvalue weighted by Gasteiger charge is 2.23. The molecule has 3 rings (SSSR count). The van der Waals surface area contributed by atoms with Gasteiger partial charge in [0, 0.05) is 25.0 Å². The summed E-state index contributed by atoms with van der Waals surface area (Å²) in [4.78, 5) is 10.8. The summed E-state index contributed by atoms with van der Waals surface area (Å²) < 4.78 is 25.2. The SMILES string of the molecule is Cc1cc(O)c2ncnc(N3CCCC(CNS(C)(=O)=O)C3)c2c1. The van der Waals surface area contributed by atoms with Gasteiger partial charge in [-0.05, 0) is 43.4 Å². The van der Waals surface area contributed by atoms with Crippen LogP contribution in [0.3, 0.4) is 0 Å². The summed E-state index contributed by atoms with van der Waals surface area (Å²) in [7, 11) is -3.18. The van der Waals surface area contributed by atoms with E-state index in [0.29, 0.717) is 12.1 Å². The van der Waals surface area contributed by atoms with Gasteiger partial charge >= 0.3 is 0 Å². The van der Waals surface area contributed by atoms with Gasteiger partial charge in [0.25, 0.3) is 0 Å². The molecule has 24 heavy (non-hydrogen) atoms. The lowest BCUT2D eigenvalue weighted by Gasteiger charge is -2.34. The molecule has 1 atom stereocenters. The van der Waals surface area contributed by atoms with Crippen molar-refractivity contribution in [1.29, 1.82) is 0 Å². The zero-order valence-corrected chi connectivity index (χ0v) is 14.7. The summed E-state index contributed by atoms with van der Waals surface area (Å²) in [5, 5.41) is 10.9. The number of fused-ring (bicyclic) bond motifs is 1. The number of sulfonamides is 1. The van der Waals surface area contributed by atoms with Crippen LogP contribution in [0.4, 0.5) is 5.82 Å². The Bertz CT molecular complexity index is 854. The molecule has 1 fully saturated rings. The molecule has 1 saturated heterocycles. The van der Waals surface area contributed by atoms with Gasteiger partial charge in [0.05, 0.1) is 6.26 Å². The van der Waals surface area contributed by atoms with Gasteiger partial charge < -0.3 is 10.0 Å². The van der Waals surface area contributed by atoms with Crippen molar-refractivity contribution in [3.8, 4) is 5.75 Å². The number of piperidine rings is 1. The van der Waals surface area contributed by atoms with E-state index in [1.165, 1.54) is 12.6 Å². The van der Waals surface area contributed by atoms with E-state index < -0.39 is 10.0 Å². The summed E-state index contributed by atoms with van der Waals surface area (Å²) in [6, 6.07) is 3.66. The maximum Gasteiger partial charge on any atom is 0.208 e. The van der Waals surface area contributed by atoms with Gasteiger partial charge in [-0.25, -0.2) is 23.1 Å². The molecule has 1 aliphatic heterocycles. The Balaban J connectivity index is 1.87. The minimum Gasteiger partial charge on any atom is -0.506 e. The second kappa shape index (κ2) is 6.52. The van der Waals surface area contributed by atoms with Crippen LogP contribution in [0.2, 0.25) is 0 Å². The third kappa shape index (κ3) is 3.76. The van der Waals surface area contributed by atoms with E-state index in [0.717, 1.165) is 42.7 Å². The minimum atomic E-state index is -3.18. The molecule has 1 aliphatic rings. The van der Waals surface area contributed by atoms with E-state index >= 15 is 0 Å². The second-order valence-electron chi connectivity index (χ2n) is 6.45. The Hall–Kier alpha value is -1.93. The number of phenolic OH excluding ortho intramolecular Hbond substituents is 1. The molecule has 1 unspecified atom stereocenters. The second-order valence-corrected chi connectivity index (χ2v) is 8.29. The molecule has 2 N–H and O–H groups in total. The number of hydrogen-bond donors (Lipinski definition) is 2. The Kier molecular flexibility index (Phi) is 4.60. The third-order valence-corrected chi connectivity index (χ3v) is 4.99. The van der Waals surface area contributed by atoms with Crippen LogP contribution < -0.4 is 9.62 Å². The molecule has 8 heteroatoms. The van der Waals surface area contributed by atoms with E-state index in [1.807, 2.05) is 13.0 Å². The summed E-state index contributed by atoms with van der Waals surface area (Å²) >= 11 is 0. The first-order chi connectivity index (χ1) is 11.3. The van der Waals surface area contributed by atoms with Crippen molar-refractivity contribution in [2.75, 3.05) is 30.8 Å². The van der Waals surface area contributed by atoms with Crippen LogP contribution in [0.25, 0.3) is 10.9 Å². The average molecular weight is 350 g/mol. The lowest BCUT2D eigenvalue weighted by Crippen LogP contribution is -2.41. The maximum absolute atomic E-state index is 11.3. The Morgan fingerprint density at radius 2 is 2.17 bits per heavy atom. The Morgan fingerprint density at radius 1 is 1.38 bits per heavy atom. The molecule has 2 heterocycles. The lowest BCUT2D eigenvalue weighted by molar-refractivity contribution is 0.410. The summed E-state index contributed by atoms with van der Waals surface area (Å²) in [5.74, 6) is 1.18. The Labute approximate surface area is 141 Å². The molecular weight excluding hydrogens is 328 g/mol. The van der Waals surface area contributed by atoms with Crippen molar-refractivity contribution in [1.82, 2.24) is 14.7 Å². The van der Waals surface area contributed by atoms with Gasteiger partial charge in [-0.15, -0.1) is 0 Å². The van der Waals surface area contributed by atoms with E-state index in [2.05, 4.69) is 19.6 Å². The van der Waals surface area contributed by atoms with Crippen molar-refractivity contribution in [2.24, 2.45) is 5.92 Å². The highest BCUT2D eigenvalue weighted by atomic mass is 32.2. The molecule has 130 valence electrons. The van der Waals surface area contributed by atoms with Gasteiger partial charge in [-0.3, -0.25) is 0 Å². The van der Waals surface area contributed by atoms with E-state index in [-0.39, 0.29) is 11.7 Å². The van der Waals surface area contributed by atoms with Crippen LogP contribution in [-0.4, -0.2) is 49.4 Å². The van der Waals surface area contributed by atoms with Crippen molar-refractivity contribution < 1.29 is 13.5 Å². The summed E-state index contributed by atoms with van der Waals surface area (Å²) in [6.07, 6.45) is 4.59. The van der Waals surface area contributed by atoms with Crippen LogP contribution in [0.1, 0.15) is 18.4 Å². The van der Waals surface area contributed by atoms with E-state index in [4.69, 9.17) is 0 Å². The molecule has 0 spiro atoms. The molecule has 1 aromatic heterocycles. The topological polar surface area (TPSA) is 95.4 Å². The maximum atomic E-state index is 11.3. The first kappa shape index (κ1) is 16.9. The number of aromatic nitrogens is 2. The van der Waals surface area contributed by atoms with Gasteiger partial charge in [-0.2, -0.15) is 0 Å². The monoisotopic (exact) mass is 350 g/mol. The number of nitrogens with one attached hydrogen (secondary N) is 1. The number of rotatable bonds is 4. The summed E-state index contributed by atoms with van der Waals surface area (Å²) in [5.41, 5.74) is 1.49. The third-order valence-electron chi connectivity index (χ3n) is 4.29. The standard InChI is InChI=1S/C16H22N4O3S/c1-11-6-13-15(14(21)7-11)17-10-18-16(13)20-5-3-4-12(9-20)8-19-24(2,22)23/h6-7,10,12,19,21H,3-5,8-9H2,1-2H3. The molecule has 0 bridgehead atoms. The average Bonchev–Trinajstić information content (AvgIpc) is 2.52.